The molecule has 1 N–H and O–H groups in total. The number of benzene rings is 2. The second kappa shape index (κ2) is 9.56. The normalized spacial score (nSPS) is 15.5. The summed E-state index contributed by atoms with van der Waals surface area (Å²) in [6.45, 7) is 7.94. The first-order valence-electron chi connectivity index (χ1n) is 9.95. The van der Waals surface area contributed by atoms with Crippen LogP contribution in [0.1, 0.15) is 42.9 Å². The maximum Gasteiger partial charge on any atom is 0.261 e. The van der Waals surface area contributed by atoms with Crippen molar-refractivity contribution in [2.45, 2.75) is 52.3 Å². The highest BCUT2D eigenvalue weighted by Crippen LogP contribution is 2.16. The molecule has 0 spiro atoms. The van der Waals surface area contributed by atoms with Crippen LogP contribution in [-0.2, 0) is 17.9 Å². The van der Waals surface area contributed by atoms with E-state index in [-0.39, 0.29) is 5.91 Å². The van der Waals surface area contributed by atoms with E-state index in [0.29, 0.717) is 13.0 Å². The molecule has 4 nitrogen and oxygen atoms in total. The van der Waals surface area contributed by atoms with Gasteiger partial charge in [0.1, 0.15) is 5.75 Å². The zero-order valence-corrected chi connectivity index (χ0v) is 16.4. The zero-order chi connectivity index (χ0) is 19.1. The van der Waals surface area contributed by atoms with E-state index >= 15 is 0 Å². The Morgan fingerprint density at radius 1 is 1.11 bits per heavy atom. The van der Waals surface area contributed by atoms with Gasteiger partial charge in [-0.05, 0) is 68.1 Å². The van der Waals surface area contributed by atoms with Gasteiger partial charge in [-0.2, -0.15) is 0 Å². The minimum Gasteiger partial charge on any atom is -0.481 e. The van der Waals surface area contributed by atoms with Crippen LogP contribution in [0.25, 0.3) is 0 Å². The molecule has 144 valence electrons. The van der Waals surface area contributed by atoms with Crippen molar-refractivity contribution >= 4 is 5.91 Å². The predicted octanol–water partition coefficient (Wildman–Crippen LogP) is 4.06. The van der Waals surface area contributed by atoms with Gasteiger partial charge in [0.15, 0.2) is 6.10 Å². The summed E-state index contributed by atoms with van der Waals surface area (Å²) in [6, 6.07) is 16.3. The summed E-state index contributed by atoms with van der Waals surface area (Å²) in [4.78, 5) is 15.0. The van der Waals surface area contributed by atoms with Gasteiger partial charge in [0, 0.05) is 13.1 Å². The zero-order valence-electron chi connectivity index (χ0n) is 16.4. The molecule has 1 atom stereocenters. The average molecular weight is 367 g/mol. The molecule has 2 aromatic rings. The molecule has 1 amide bonds. The highest BCUT2D eigenvalue weighted by Gasteiger charge is 2.18. The summed E-state index contributed by atoms with van der Waals surface area (Å²) in [5.41, 5.74) is 3.57. The van der Waals surface area contributed by atoms with Crippen LogP contribution in [-0.4, -0.2) is 30.0 Å². The second-order valence-corrected chi connectivity index (χ2v) is 7.35. The smallest absolute Gasteiger partial charge is 0.261 e. The Labute approximate surface area is 162 Å². The molecule has 0 unspecified atom stereocenters. The van der Waals surface area contributed by atoms with E-state index in [1.54, 1.807) is 0 Å². The summed E-state index contributed by atoms with van der Waals surface area (Å²) in [6.07, 6.45) is 2.79. The van der Waals surface area contributed by atoms with Gasteiger partial charge in [-0.1, -0.05) is 43.3 Å². The largest absolute Gasteiger partial charge is 0.481 e. The van der Waals surface area contributed by atoms with Gasteiger partial charge in [-0.15, -0.1) is 0 Å². The predicted molar refractivity (Wildman–Crippen MR) is 109 cm³/mol. The Kier molecular flexibility index (Phi) is 6.88. The molecule has 27 heavy (non-hydrogen) atoms. The molecule has 1 aliphatic heterocycles. The van der Waals surface area contributed by atoms with E-state index in [1.807, 2.05) is 38.1 Å². The van der Waals surface area contributed by atoms with Crippen LogP contribution < -0.4 is 10.1 Å². The molecule has 0 saturated carbocycles. The van der Waals surface area contributed by atoms with Crippen molar-refractivity contribution in [2.75, 3.05) is 13.1 Å². The Hall–Kier alpha value is -2.33. The number of hydrogen-bond donors (Lipinski definition) is 1. The molecule has 1 fully saturated rings. The highest BCUT2D eigenvalue weighted by atomic mass is 16.5. The van der Waals surface area contributed by atoms with Crippen LogP contribution in [0.3, 0.4) is 0 Å². The number of amides is 1. The van der Waals surface area contributed by atoms with Crippen molar-refractivity contribution in [3.05, 3.63) is 65.2 Å². The average Bonchev–Trinajstić information content (AvgIpc) is 3.18. The molecule has 3 rings (SSSR count). The molecule has 1 heterocycles. The van der Waals surface area contributed by atoms with E-state index in [2.05, 4.69) is 34.5 Å². The van der Waals surface area contributed by atoms with Crippen LogP contribution in [0.4, 0.5) is 0 Å². The number of nitrogens with zero attached hydrogens (tertiary/aromatic N) is 1. The number of carbonyl (C=O) groups is 1. The molecule has 0 radical (unpaired) electrons. The first kappa shape index (κ1) is 19.4. The molecular formula is C23H30N2O2. The first-order chi connectivity index (χ1) is 13.1. The van der Waals surface area contributed by atoms with E-state index in [4.69, 9.17) is 4.74 Å². The van der Waals surface area contributed by atoms with Gasteiger partial charge in [-0.25, -0.2) is 0 Å². The Bertz CT molecular complexity index is 736. The lowest BCUT2D eigenvalue weighted by atomic mass is 10.1. The van der Waals surface area contributed by atoms with Crippen LogP contribution in [0, 0.1) is 6.92 Å². The summed E-state index contributed by atoms with van der Waals surface area (Å²) >= 11 is 0. The third-order valence-corrected chi connectivity index (χ3v) is 5.03. The van der Waals surface area contributed by atoms with E-state index in [1.165, 1.54) is 31.5 Å². The highest BCUT2D eigenvalue weighted by molar-refractivity contribution is 5.81. The third-order valence-electron chi connectivity index (χ3n) is 5.03. The third kappa shape index (κ3) is 5.83. The molecule has 0 bridgehead atoms. The number of ether oxygens (including phenoxy) is 1. The van der Waals surface area contributed by atoms with Crippen LogP contribution in [0.15, 0.2) is 48.5 Å². The fourth-order valence-electron chi connectivity index (χ4n) is 3.44. The minimum absolute atomic E-state index is 0.0693. The van der Waals surface area contributed by atoms with Gasteiger partial charge < -0.3 is 10.1 Å². The maximum absolute atomic E-state index is 12.5. The first-order valence-corrected chi connectivity index (χ1v) is 9.95. The van der Waals surface area contributed by atoms with Gasteiger partial charge in [0.25, 0.3) is 5.91 Å². The quantitative estimate of drug-likeness (QED) is 0.766. The Morgan fingerprint density at radius 3 is 2.48 bits per heavy atom. The van der Waals surface area contributed by atoms with Crippen LogP contribution in [0.5, 0.6) is 5.75 Å². The lowest BCUT2D eigenvalue weighted by molar-refractivity contribution is -0.128. The molecule has 2 aromatic carbocycles. The number of aryl methyl sites for hydroxylation is 1. The Balaban J connectivity index is 1.49. The lowest BCUT2D eigenvalue weighted by Gasteiger charge is -2.18. The van der Waals surface area contributed by atoms with Crippen molar-refractivity contribution in [3.8, 4) is 5.75 Å². The monoisotopic (exact) mass is 366 g/mol. The topological polar surface area (TPSA) is 41.6 Å². The van der Waals surface area contributed by atoms with E-state index in [0.717, 1.165) is 23.4 Å². The fourth-order valence-corrected chi connectivity index (χ4v) is 3.44. The maximum atomic E-state index is 12.5. The molecule has 1 saturated heterocycles. The number of hydrogen-bond acceptors (Lipinski definition) is 3. The number of carbonyl (C=O) groups excluding carboxylic acids is 1. The number of rotatable bonds is 8. The standard InChI is InChI=1S/C23H30N2O2/c1-3-22(27-21-8-6-7-18(2)15-21)23(26)24-16-19-9-11-20(12-10-19)17-25-13-4-5-14-25/h6-12,15,22H,3-5,13-14,16-17H2,1-2H3,(H,24,26)/t22-/m0/s1. The number of likely N-dealkylation sites (tertiary alicyclic amines) is 1. The Morgan fingerprint density at radius 2 is 1.81 bits per heavy atom. The van der Waals surface area contributed by atoms with E-state index < -0.39 is 6.10 Å². The second-order valence-electron chi connectivity index (χ2n) is 7.35. The molecule has 0 aromatic heterocycles. The molecular weight excluding hydrogens is 336 g/mol. The van der Waals surface area contributed by atoms with Crippen molar-refractivity contribution in [2.24, 2.45) is 0 Å². The van der Waals surface area contributed by atoms with E-state index in [9.17, 15) is 4.79 Å². The van der Waals surface area contributed by atoms with Gasteiger partial charge in [0.2, 0.25) is 0 Å². The van der Waals surface area contributed by atoms with Crippen molar-refractivity contribution < 1.29 is 9.53 Å². The van der Waals surface area contributed by atoms with Crippen molar-refractivity contribution in [1.29, 1.82) is 0 Å². The van der Waals surface area contributed by atoms with Gasteiger partial charge >= 0.3 is 0 Å². The summed E-state index contributed by atoms with van der Waals surface area (Å²) in [7, 11) is 0. The lowest BCUT2D eigenvalue weighted by Crippen LogP contribution is -2.37. The van der Waals surface area contributed by atoms with Gasteiger partial charge in [-0.3, -0.25) is 9.69 Å². The van der Waals surface area contributed by atoms with Crippen LogP contribution in [0.2, 0.25) is 0 Å². The number of nitrogens with one attached hydrogen (secondary N) is 1. The summed E-state index contributed by atoms with van der Waals surface area (Å²) in [5, 5.41) is 3.00. The van der Waals surface area contributed by atoms with Crippen molar-refractivity contribution in [3.63, 3.8) is 0 Å². The summed E-state index contributed by atoms with van der Waals surface area (Å²) in [5.74, 6) is 0.670. The minimum atomic E-state index is -0.471. The van der Waals surface area contributed by atoms with Crippen LogP contribution >= 0.6 is 0 Å². The summed E-state index contributed by atoms with van der Waals surface area (Å²) < 4.78 is 5.87. The SMILES string of the molecule is CC[C@H](Oc1cccc(C)c1)C(=O)NCc1ccc(CN2CCCC2)cc1. The molecule has 1 aliphatic rings. The molecule has 0 aliphatic carbocycles. The fraction of sp³-hybridized carbons (Fsp3) is 0.435. The van der Waals surface area contributed by atoms with Gasteiger partial charge in [0.05, 0.1) is 0 Å². The molecule has 4 heteroatoms. The van der Waals surface area contributed by atoms with Crippen molar-refractivity contribution in [1.82, 2.24) is 10.2 Å².